The number of imidazole rings is 1. The van der Waals surface area contributed by atoms with Gasteiger partial charge in [-0.2, -0.15) is 0 Å². The van der Waals surface area contributed by atoms with Crippen LogP contribution in [0.4, 0.5) is 17.3 Å². The Morgan fingerprint density at radius 3 is 1.75 bits per heavy atom. The van der Waals surface area contributed by atoms with Gasteiger partial charge in [0.05, 0.1) is 7.05 Å². The highest BCUT2D eigenvalue weighted by Crippen LogP contribution is 2.42. The predicted molar refractivity (Wildman–Crippen MR) is 84.9 cm³/mol. The second kappa shape index (κ2) is 6.15. The van der Waals surface area contributed by atoms with E-state index in [4.69, 9.17) is 0 Å². The van der Waals surface area contributed by atoms with E-state index >= 15 is 0 Å². The molecule has 3 aromatic rings. The highest BCUT2D eigenvalue weighted by molar-refractivity contribution is 6.50. The normalized spacial score (nSPS) is 13.0. The Morgan fingerprint density at radius 1 is 0.875 bits per heavy atom. The van der Waals surface area contributed by atoms with E-state index in [1.165, 1.54) is 22.3 Å². The molecule has 0 unspecified atom stereocenters. The zero-order valence-corrected chi connectivity index (χ0v) is 12.9. The standard InChI is InChI=1S/C17H15N2.BF4/c1-18-10-11-19(12-18)17-15-8-4-2-6-13(15)14-7-3-5-9-16(14)17;2-1(3,4)5/h2-12,17H,1H3;/q+1;-1. The molecule has 2 aromatic carbocycles. The average Bonchev–Trinajstić information content (AvgIpc) is 3.07. The number of benzene rings is 2. The third-order valence-corrected chi connectivity index (χ3v) is 3.89. The van der Waals surface area contributed by atoms with E-state index in [0.29, 0.717) is 6.04 Å². The molecule has 0 bridgehead atoms. The van der Waals surface area contributed by atoms with Crippen LogP contribution in [0.5, 0.6) is 0 Å². The fourth-order valence-corrected chi connectivity index (χ4v) is 3.07. The van der Waals surface area contributed by atoms with Gasteiger partial charge in [0.1, 0.15) is 12.4 Å². The van der Waals surface area contributed by atoms with E-state index in [1.807, 2.05) is 0 Å². The van der Waals surface area contributed by atoms with Gasteiger partial charge in [0.2, 0.25) is 6.33 Å². The summed E-state index contributed by atoms with van der Waals surface area (Å²) in [4.78, 5) is 0. The van der Waals surface area contributed by atoms with Gasteiger partial charge in [-0.05, 0) is 11.1 Å². The molecule has 1 aromatic heterocycles. The van der Waals surface area contributed by atoms with Crippen molar-refractivity contribution in [3.8, 4) is 11.1 Å². The maximum absolute atomic E-state index is 9.75. The lowest BCUT2D eigenvalue weighted by atomic mass is 10.1. The Labute approximate surface area is 137 Å². The molecule has 1 aliphatic carbocycles. The van der Waals surface area contributed by atoms with Gasteiger partial charge < -0.3 is 17.3 Å². The van der Waals surface area contributed by atoms with Gasteiger partial charge in [0, 0.05) is 11.1 Å². The number of fused-ring (bicyclic) bond motifs is 3. The summed E-state index contributed by atoms with van der Waals surface area (Å²) >= 11 is 0. The third kappa shape index (κ3) is 3.35. The van der Waals surface area contributed by atoms with Crippen LogP contribution in [-0.2, 0) is 7.05 Å². The monoisotopic (exact) mass is 334 g/mol. The second-order valence-corrected chi connectivity index (χ2v) is 5.60. The quantitative estimate of drug-likeness (QED) is 0.280. The van der Waals surface area contributed by atoms with E-state index in [0.717, 1.165) is 0 Å². The highest BCUT2D eigenvalue weighted by Gasteiger charge is 2.32. The lowest BCUT2D eigenvalue weighted by Gasteiger charge is -2.09. The molecule has 0 radical (unpaired) electrons. The Morgan fingerprint density at radius 2 is 1.33 bits per heavy atom. The van der Waals surface area contributed by atoms with Gasteiger partial charge in [0.15, 0.2) is 6.04 Å². The molecule has 1 aliphatic rings. The number of aryl methyl sites for hydroxylation is 1. The Hall–Kier alpha value is -2.57. The first-order valence-corrected chi connectivity index (χ1v) is 7.43. The molecule has 7 heteroatoms. The molecular formula is C17H15BF4N2. The van der Waals surface area contributed by atoms with Crippen molar-refractivity contribution < 1.29 is 21.8 Å². The Balaban J connectivity index is 0.000000300. The van der Waals surface area contributed by atoms with Crippen LogP contribution in [0, 0.1) is 0 Å². The predicted octanol–water partition coefficient (Wildman–Crippen LogP) is 4.23. The van der Waals surface area contributed by atoms with Gasteiger partial charge >= 0.3 is 7.25 Å². The summed E-state index contributed by atoms with van der Waals surface area (Å²) in [6.45, 7) is 0. The molecule has 0 saturated carbocycles. The van der Waals surface area contributed by atoms with Gasteiger partial charge in [-0.1, -0.05) is 48.5 Å². The summed E-state index contributed by atoms with van der Waals surface area (Å²) in [5, 5.41) is 0. The maximum atomic E-state index is 9.75. The van der Waals surface area contributed by atoms with Crippen molar-refractivity contribution in [2.24, 2.45) is 7.05 Å². The SMILES string of the molecule is Cn1cc[n+](C2c3ccccc3-c3ccccc32)c1.F[B-](F)(F)F. The molecule has 0 atom stereocenters. The van der Waals surface area contributed by atoms with Crippen LogP contribution in [-0.4, -0.2) is 11.8 Å². The van der Waals surface area contributed by atoms with E-state index in [2.05, 4.69) is 83.4 Å². The summed E-state index contributed by atoms with van der Waals surface area (Å²) in [5.41, 5.74) is 5.50. The summed E-state index contributed by atoms with van der Waals surface area (Å²) in [5.74, 6) is 0. The molecule has 24 heavy (non-hydrogen) atoms. The van der Waals surface area contributed by atoms with Crippen molar-refractivity contribution in [3.05, 3.63) is 78.4 Å². The lowest BCUT2D eigenvalue weighted by Crippen LogP contribution is -2.37. The average molecular weight is 334 g/mol. The van der Waals surface area contributed by atoms with E-state index in [-0.39, 0.29) is 0 Å². The fraction of sp³-hybridized carbons (Fsp3) is 0.118. The molecular weight excluding hydrogens is 319 g/mol. The third-order valence-electron chi connectivity index (χ3n) is 3.89. The van der Waals surface area contributed by atoms with Gasteiger partial charge in [-0.25, -0.2) is 9.13 Å². The molecule has 2 nitrogen and oxygen atoms in total. The Kier molecular flexibility index (Phi) is 4.17. The van der Waals surface area contributed by atoms with Crippen LogP contribution in [0.25, 0.3) is 11.1 Å². The van der Waals surface area contributed by atoms with Crippen LogP contribution in [0.1, 0.15) is 17.2 Å². The van der Waals surface area contributed by atoms with Crippen LogP contribution in [0.3, 0.4) is 0 Å². The van der Waals surface area contributed by atoms with Crippen LogP contribution >= 0.6 is 0 Å². The minimum absolute atomic E-state index is 0.300. The minimum Gasteiger partial charge on any atom is -0.418 e. The Bertz CT molecular complexity index is 806. The van der Waals surface area contributed by atoms with Gasteiger partial charge in [-0.15, -0.1) is 0 Å². The number of rotatable bonds is 1. The highest BCUT2D eigenvalue weighted by atomic mass is 19.5. The minimum atomic E-state index is -6.00. The van der Waals surface area contributed by atoms with Crippen LogP contribution in [0.15, 0.2) is 67.3 Å². The summed E-state index contributed by atoms with van der Waals surface area (Å²) in [6, 6.07) is 17.7. The molecule has 0 spiro atoms. The molecule has 0 amide bonds. The van der Waals surface area contributed by atoms with Crippen molar-refractivity contribution in [2.45, 2.75) is 6.04 Å². The number of halogens is 4. The topological polar surface area (TPSA) is 8.81 Å². The molecule has 0 aliphatic heterocycles. The van der Waals surface area contributed by atoms with E-state index in [1.54, 1.807) is 0 Å². The fourth-order valence-electron chi connectivity index (χ4n) is 3.07. The molecule has 0 fully saturated rings. The zero-order chi connectivity index (χ0) is 17.3. The van der Waals surface area contributed by atoms with Crippen molar-refractivity contribution in [1.82, 2.24) is 4.57 Å². The second-order valence-electron chi connectivity index (χ2n) is 5.60. The summed E-state index contributed by atoms with van der Waals surface area (Å²) in [6.07, 6.45) is 6.37. The number of aromatic nitrogens is 2. The van der Waals surface area contributed by atoms with E-state index < -0.39 is 7.25 Å². The largest absolute Gasteiger partial charge is 0.673 e. The smallest absolute Gasteiger partial charge is 0.418 e. The zero-order valence-electron chi connectivity index (χ0n) is 12.9. The molecule has 4 rings (SSSR count). The van der Waals surface area contributed by atoms with Gasteiger partial charge in [0.25, 0.3) is 0 Å². The molecule has 0 saturated heterocycles. The van der Waals surface area contributed by atoms with Crippen molar-refractivity contribution >= 4 is 7.25 Å². The number of hydrogen-bond donors (Lipinski definition) is 0. The van der Waals surface area contributed by atoms with Gasteiger partial charge in [-0.3, -0.25) is 0 Å². The number of nitrogens with zero attached hydrogens (tertiary/aromatic N) is 2. The first kappa shape index (κ1) is 16.3. The summed E-state index contributed by atoms with van der Waals surface area (Å²) < 4.78 is 43.4. The molecule has 124 valence electrons. The summed E-state index contributed by atoms with van der Waals surface area (Å²) in [7, 11) is -3.94. The van der Waals surface area contributed by atoms with Crippen molar-refractivity contribution in [2.75, 3.05) is 0 Å². The lowest BCUT2D eigenvalue weighted by molar-refractivity contribution is -0.703. The van der Waals surface area contributed by atoms with Crippen LogP contribution < -0.4 is 4.57 Å². The first-order chi connectivity index (χ1) is 11.3. The number of hydrogen-bond acceptors (Lipinski definition) is 0. The van der Waals surface area contributed by atoms with E-state index in [9.17, 15) is 17.3 Å². The van der Waals surface area contributed by atoms with Crippen molar-refractivity contribution in [1.29, 1.82) is 0 Å². The van der Waals surface area contributed by atoms with Crippen LogP contribution in [0.2, 0.25) is 0 Å². The molecule has 1 heterocycles. The maximum Gasteiger partial charge on any atom is 0.673 e. The molecule has 0 N–H and O–H groups in total. The first-order valence-electron chi connectivity index (χ1n) is 7.43. The van der Waals surface area contributed by atoms with Crippen molar-refractivity contribution in [3.63, 3.8) is 0 Å².